The van der Waals surface area contributed by atoms with Crippen LogP contribution in [-0.2, 0) is 22.9 Å². The van der Waals surface area contributed by atoms with Crippen molar-refractivity contribution >= 4 is 15.2 Å². The highest BCUT2D eigenvalue weighted by Gasteiger charge is 2.33. The van der Waals surface area contributed by atoms with Crippen LogP contribution >= 0.6 is 15.2 Å². The van der Waals surface area contributed by atoms with Gasteiger partial charge in [0.1, 0.15) is 0 Å². The van der Waals surface area contributed by atoms with Crippen molar-refractivity contribution in [1.29, 1.82) is 0 Å². The standard InChI is InChI=1S/C8H19NO7P2/c1-14-17(10,11)5-7-3-9-4-8(16-7)6-18(12,13)15-2/h7-9H,3-6H2,1-2H3,(H,10,11)(H,12,13). The van der Waals surface area contributed by atoms with Crippen LogP contribution in [0.4, 0.5) is 0 Å². The molecule has 10 heteroatoms. The lowest BCUT2D eigenvalue weighted by molar-refractivity contribution is -0.0174. The van der Waals surface area contributed by atoms with E-state index in [0.717, 1.165) is 14.2 Å². The molecule has 3 N–H and O–H groups in total. The molecule has 1 fully saturated rings. The highest BCUT2D eigenvalue weighted by atomic mass is 31.2. The van der Waals surface area contributed by atoms with Crippen molar-refractivity contribution < 1.29 is 32.7 Å². The van der Waals surface area contributed by atoms with Gasteiger partial charge >= 0.3 is 15.2 Å². The van der Waals surface area contributed by atoms with Crippen LogP contribution in [0.3, 0.4) is 0 Å². The van der Waals surface area contributed by atoms with Gasteiger partial charge in [-0.3, -0.25) is 9.13 Å². The Kier molecular flexibility index (Phi) is 5.96. The molecule has 8 nitrogen and oxygen atoms in total. The first kappa shape index (κ1) is 16.3. The van der Waals surface area contributed by atoms with Crippen LogP contribution in [0.25, 0.3) is 0 Å². The van der Waals surface area contributed by atoms with Gasteiger partial charge in [0, 0.05) is 27.3 Å². The van der Waals surface area contributed by atoms with E-state index in [-0.39, 0.29) is 12.3 Å². The summed E-state index contributed by atoms with van der Waals surface area (Å²) < 4.78 is 37.2. The summed E-state index contributed by atoms with van der Waals surface area (Å²) in [5, 5.41) is 2.98. The van der Waals surface area contributed by atoms with E-state index in [1.54, 1.807) is 0 Å². The summed E-state index contributed by atoms with van der Waals surface area (Å²) in [6.45, 7) is 0.792. The summed E-state index contributed by atoms with van der Waals surface area (Å²) in [6.07, 6.45) is -1.38. The average Bonchev–Trinajstić information content (AvgIpc) is 2.28. The third-order valence-corrected chi connectivity index (χ3v) is 5.45. The van der Waals surface area contributed by atoms with Gasteiger partial charge in [0.25, 0.3) is 0 Å². The van der Waals surface area contributed by atoms with Crippen LogP contribution in [0.15, 0.2) is 0 Å². The molecule has 1 rings (SSSR count). The molecule has 4 unspecified atom stereocenters. The second-order valence-corrected chi connectivity index (χ2v) is 8.05. The minimum Gasteiger partial charge on any atom is -0.371 e. The fourth-order valence-corrected chi connectivity index (χ4v) is 3.41. The van der Waals surface area contributed by atoms with Crippen molar-refractivity contribution in [2.24, 2.45) is 0 Å². The number of ether oxygens (including phenoxy) is 1. The van der Waals surface area contributed by atoms with E-state index in [0.29, 0.717) is 13.1 Å². The van der Waals surface area contributed by atoms with Gasteiger partial charge in [-0.2, -0.15) is 0 Å². The maximum Gasteiger partial charge on any atom is 0.330 e. The van der Waals surface area contributed by atoms with Gasteiger partial charge < -0.3 is 28.9 Å². The minimum atomic E-state index is -3.65. The van der Waals surface area contributed by atoms with Gasteiger partial charge in [0.15, 0.2) is 0 Å². The molecule has 1 aliphatic heterocycles. The van der Waals surface area contributed by atoms with E-state index in [9.17, 15) is 18.9 Å². The summed E-state index contributed by atoms with van der Waals surface area (Å²) >= 11 is 0. The van der Waals surface area contributed by atoms with E-state index in [2.05, 4.69) is 14.4 Å². The van der Waals surface area contributed by atoms with Crippen LogP contribution in [0.5, 0.6) is 0 Å². The molecule has 108 valence electrons. The predicted molar refractivity (Wildman–Crippen MR) is 64.9 cm³/mol. The van der Waals surface area contributed by atoms with Crippen molar-refractivity contribution in [3.8, 4) is 0 Å². The van der Waals surface area contributed by atoms with Crippen LogP contribution in [-0.4, -0.2) is 61.6 Å². The van der Waals surface area contributed by atoms with Gasteiger partial charge in [0.2, 0.25) is 0 Å². The minimum absolute atomic E-state index is 0.157. The van der Waals surface area contributed by atoms with E-state index < -0.39 is 27.4 Å². The average molecular weight is 303 g/mol. The summed E-state index contributed by atoms with van der Waals surface area (Å²) in [6, 6.07) is 0. The van der Waals surface area contributed by atoms with Crippen molar-refractivity contribution in [3.05, 3.63) is 0 Å². The molecule has 0 amide bonds. The van der Waals surface area contributed by atoms with Gasteiger partial charge in [0.05, 0.1) is 24.5 Å². The molecule has 0 aliphatic carbocycles. The van der Waals surface area contributed by atoms with Gasteiger partial charge in [-0.1, -0.05) is 0 Å². The smallest absolute Gasteiger partial charge is 0.330 e. The van der Waals surface area contributed by atoms with Crippen LogP contribution in [0.2, 0.25) is 0 Å². The van der Waals surface area contributed by atoms with E-state index in [1.807, 2.05) is 0 Å². The number of nitrogens with one attached hydrogen (secondary N) is 1. The Bertz CT molecular complexity index is 331. The van der Waals surface area contributed by atoms with Crippen LogP contribution < -0.4 is 5.32 Å². The molecule has 0 spiro atoms. The molecule has 4 atom stereocenters. The Balaban J connectivity index is 2.51. The fraction of sp³-hybridized carbons (Fsp3) is 1.00. The first-order valence-electron chi connectivity index (χ1n) is 5.39. The highest BCUT2D eigenvalue weighted by molar-refractivity contribution is 7.53. The quantitative estimate of drug-likeness (QED) is 0.588. The molecule has 0 radical (unpaired) electrons. The Morgan fingerprint density at radius 1 is 1.11 bits per heavy atom. The zero-order chi connectivity index (χ0) is 13.8. The molecular formula is C8H19NO7P2. The van der Waals surface area contributed by atoms with Gasteiger partial charge in [-0.05, 0) is 0 Å². The molecule has 1 heterocycles. The monoisotopic (exact) mass is 303 g/mol. The number of hydrogen-bond acceptors (Lipinski definition) is 6. The summed E-state index contributed by atoms with van der Waals surface area (Å²) in [7, 11) is -5.00. The van der Waals surface area contributed by atoms with E-state index in [1.165, 1.54) is 0 Å². The number of hydrogen-bond donors (Lipinski definition) is 3. The van der Waals surface area contributed by atoms with Crippen molar-refractivity contribution in [2.75, 3.05) is 39.6 Å². The van der Waals surface area contributed by atoms with E-state index in [4.69, 9.17) is 4.74 Å². The maximum absolute atomic E-state index is 11.4. The Morgan fingerprint density at radius 2 is 1.50 bits per heavy atom. The third-order valence-electron chi connectivity index (χ3n) is 2.57. The second-order valence-electron chi connectivity index (χ2n) is 4.04. The number of rotatable bonds is 6. The van der Waals surface area contributed by atoms with Gasteiger partial charge in [-0.15, -0.1) is 0 Å². The zero-order valence-corrected chi connectivity index (χ0v) is 12.1. The molecule has 0 bridgehead atoms. The molecule has 1 aliphatic rings. The van der Waals surface area contributed by atoms with Crippen molar-refractivity contribution in [1.82, 2.24) is 5.32 Å². The largest absolute Gasteiger partial charge is 0.371 e. The Hall–Kier alpha value is 0.220. The summed E-state index contributed by atoms with van der Waals surface area (Å²) in [5.41, 5.74) is 0. The first-order chi connectivity index (χ1) is 8.28. The molecule has 0 saturated carbocycles. The Labute approximate surface area is 106 Å². The zero-order valence-electron chi connectivity index (χ0n) is 10.3. The number of morpholine rings is 1. The predicted octanol–water partition coefficient (Wildman–Crippen LogP) is 0.00700. The van der Waals surface area contributed by atoms with Gasteiger partial charge in [-0.25, -0.2) is 0 Å². The fourth-order valence-electron chi connectivity index (χ4n) is 1.65. The van der Waals surface area contributed by atoms with Crippen LogP contribution in [0.1, 0.15) is 0 Å². The second kappa shape index (κ2) is 6.59. The topological polar surface area (TPSA) is 114 Å². The van der Waals surface area contributed by atoms with E-state index >= 15 is 0 Å². The Morgan fingerprint density at radius 3 is 1.83 bits per heavy atom. The normalized spacial score (nSPS) is 31.6. The van der Waals surface area contributed by atoms with Crippen molar-refractivity contribution in [3.63, 3.8) is 0 Å². The lowest BCUT2D eigenvalue weighted by Crippen LogP contribution is -2.47. The maximum atomic E-state index is 11.4. The summed E-state index contributed by atoms with van der Waals surface area (Å²) in [4.78, 5) is 18.7. The highest BCUT2D eigenvalue weighted by Crippen LogP contribution is 2.44. The van der Waals surface area contributed by atoms with Crippen LogP contribution in [0, 0.1) is 0 Å². The third kappa shape index (κ3) is 5.47. The lowest BCUT2D eigenvalue weighted by atomic mass is 10.3. The molecule has 0 aromatic rings. The molecular weight excluding hydrogens is 284 g/mol. The molecule has 18 heavy (non-hydrogen) atoms. The molecule has 0 aromatic carbocycles. The first-order valence-corrected chi connectivity index (χ1v) is 8.92. The molecule has 1 saturated heterocycles. The lowest BCUT2D eigenvalue weighted by Gasteiger charge is -2.31. The summed E-state index contributed by atoms with van der Waals surface area (Å²) in [5.74, 6) is 0. The molecule has 0 aromatic heterocycles. The SMILES string of the molecule is COP(=O)(O)CC1CNCC(CP(=O)(O)OC)O1. The van der Waals surface area contributed by atoms with Crippen molar-refractivity contribution in [2.45, 2.75) is 12.2 Å².